The molecule has 1 saturated heterocycles. The van der Waals surface area contributed by atoms with Crippen molar-refractivity contribution in [3.63, 3.8) is 0 Å². The van der Waals surface area contributed by atoms with E-state index in [-0.39, 0.29) is 0 Å². The third-order valence-corrected chi connectivity index (χ3v) is 3.74. The van der Waals surface area contributed by atoms with E-state index in [1.807, 2.05) is 12.3 Å². The molecule has 1 aliphatic rings. The van der Waals surface area contributed by atoms with Crippen LogP contribution in [-0.2, 0) is 4.74 Å². The van der Waals surface area contributed by atoms with Crippen LogP contribution in [0.1, 0.15) is 6.92 Å². The molecule has 102 valence electrons. The maximum Gasteiger partial charge on any atom is 0.226 e. The fourth-order valence-electron chi connectivity index (χ4n) is 2.00. The standard InChI is InChI=1S/C12H17N5OS/c1-2-13-12-14-10(9-3-8-19-11(9)15-12)16-17-4-6-18-7-5-17/h3,8H,2,4-7H2,1H3,(H2,13,14,15,16). The molecule has 0 atom stereocenters. The molecule has 0 aliphatic carbocycles. The van der Waals surface area contributed by atoms with Crippen molar-refractivity contribution in [2.45, 2.75) is 6.92 Å². The summed E-state index contributed by atoms with van der Waals surface area (Å²) in [5, 5.41) is 8.41. The molecule has 1 aliphatic heterocycles. The van der Waals surface area contributed by atoms with E-state index in [2.05, 4.69) is 31.8 Å². The number of hydrazine groups is 1. The van der Waals surface area contributed by atoms with Crippen molar-refractivity contribution in [1.29, 1.82) is 0 Å². The van der Waals surface area contributed by atoms with Gasteiger partial charge >= 0.3 is 0 Å². The highest BCUT2D eigenvalue weighted by molar-refractivity contribution is 7.16. The van der Waals surface area contributed by atoms with Gasteiger partial charge in [0.25, 0.3) is 0 Å². The van der Waals surface area contributed by atoms with Crippen LogP contribution in [0.5, 0.6) is 0 Å². The molecule has 19 heavy (non-hydrogen) atoms. The second kappa shape index (κ2) is 5.68. The molecule has 7 heteroatoms. The fourth-order valence-corrected chi connectivity index (χ4v) is 2.77. The smallest absolute Gasteiger partial charge is 0.226 e. The van der Waals surface area contributed by atoms with Gasteiger partial charge in [0.05, 0.1) is 18.6 Å². The first-order valence-electron chi connectivity index (χ1n) is 6.45. The Morgan fingerprint density at radius 3 is 3.00 bits per heavy atom. The van der Waals surface area contributed by atoms with Crippen LogP contribution >= 0.6 is 11.3 Å². The van der Waals surface area contributed by atoms with Crippen LogP contribution in [0.2, 0.25) is 0 Å². The normalized spacial score (nSPS) is 16.7. The highest BCUT2D eigenvalue weighted by Crippen LogP contribution is 2.26. The predicted octanol–water partition coefficient (Wildman–Crippen LogP) is 1.78. The quantitative estimate of drug-likeness (QED) is 0.889. The molecular weight excluding hydrogens is 262 g/mol. The van der Waals surface area contributed by atoms with Gasteiger partial charge in [-0.3, -0.25) is 0 Å². The zero-order chi connectivity index (χ0) is 13.1. The maximum absolute atomic E-state index is 5.35. The summed E-state index contributed by atoms with van der Waals surface area (Å²) in [6.45, 7) is 6.10. The highest BCUT2D eigenvalue weighted by atomic mass is 32.1. The van der Waals surface area contributed by atoms with Crippen molar-refractivity contribution < 1.29 is 4.74 Å². The van der Waals surface area contributed by atoms with E-state index < -0.39 is 0 Å². The van der Waals surface area contributed by atoms with Crippen molar-refractivity contribution in [3.8, 4) is 0 Å². The van der Waals surface area contributed by atoms with E-state index in [1.54, 1.807) is 11.3 Å². The van der Waals surface area contributed by atoms with Gasteiger partial charge in [0.15, 0.2) is 5.82 Å². The van der Waals surface area contributed by atoms with Gasteiger partial charge < -0.3 is 15.5 Å². The van der Waals surface area contributed by atoms with E-state index in [0.29, 0.717) is 5.95 Å². The SMILES string of the molecule is CCNc1nc(NN2CCOCC2)c2ccsc2n1. The molecule has 0 saturated carbocycles. The Balaban J connectivity index is 1.88. The summed E-state index contributed by atoms with van der Waals surface area (Å²) < 4.78 is 5.35. The summed E-state index contributed by atoms with van der Waals surface area (Å²) >= 11 is 1.63. The van der Waals surface area contributed by atoms with E-state index in [9.17, 15) is 0 Å². The highest BCUT2D eigenvalue weighted by Gasteiger charge is 2.14. The van der Waals surface area contributed by atoms with Crippen molar-refractivity contribution in [2.24, 2.45) is 0 Å². The second-order valence-electron chi connectivity index (χ2n) is 4.28. The number of ether oxygens (including phenoxy) is 1. The number of hydrogen-bond acceptors (Lipinski definition) is 7. The minimum absolute atomic E-state index is 0.674. The molecule has 0 bridgehead atoms. The van der Waals surface area contributed by atoms with Crippen LogP contribution in [0.15, 0.2) is 11.4 Å². The number of hydrogen-bond donors (Lipinski definition) is 2. The third kappa shape index (κ3) is 2.78. The molecule has 0 amide bonds. The van der Waals surface area contributed by atoms with Gasteiger partial charge in [-0.1, -0.05) is 0 Å². The van der Waals surface area contributed by atoms with E-state index in [1.165, 1.54) is 0 Å². The molecule has 6 nitrogen and oxygen atoms in total. The number of fused-ring (bicyclic) bond motifs is 1. The number of nitrogens with one attached hydrogen (secondary N) is 2. The summed E-state index contributed by atoms with van der Waals surface area (Å²) in [5.41, 5.74) is 3.38. The molecule has 2 aromatic rings. The lowest BCUT2D eigenvalue weighted by Crippen LogP contribution is -2.40. The monoisotopic (exact) mass is 279 g/mol. The first kappa shape index (κ1) is 12.6. The number of morpholine rings is 1. The molecule has 0 spiro atoms. The number of anilines is 2. The van der Waals surface area contributed by atoms with Crippen LogP contribution in [0.3, 0.4) is 0 Å². The summed E-state index contributed by atoms with van der Waals surface area (Å²) in [6.07, 6.45) is 0. The maximum atomic E-state index is 5.35. The lowest BCUT2D eigenvalue weighted by molar-refractivity contribution is 0.0495. The first-order valence-corrected chi connectivity index (χ1v) is 7.33. The molecule has 0 unspecified atom stereocenters. The lowest BCUT2D eigenvalue weighted by Gasteiger charge is -2.27. The van der Waals surface area contributed by atoms with Crippen molar-refractivity contribution in [2.75, 3.05) is 43.6 Å². The first-order chi connectivity index (χ1) is 9.36. The van der Waals surface area contributed by atoms with Crippen molar-refractivity contribution >= 4 is 33.3 Å². The molecule has 3 heterocycles. The van der Waals surface area contributed by atoms with Gasteiger partial charge in [0, 0.05) is 19.6 Å². The van der Waals surface area contributed by atoms with Gasteiger partial charge in [-0.05, 0) is 18.4 Å². The van der Waals surface area contributed by atoms with Crippen LogP contribution in [0.4, 0.5) is 11.8 Å². The van der Waals surface area contributed by atoms with E-state index >= 15 is 0 Å². The molecule has 2 aromatic heterocycles. The van der Waals surface area contributed by atoms with Crippen LogP contribution < -0.4 is 10.7 Å². The Bertz CT molecular complexity index is 552. The van der Waals surface area contributed by atoms with Gasteiger partial charge in [0.2, 0.25) is 5.95 Å². The number of aromatic nitrogens is 2. The molecule has 0 aromatic carbocycles. The lowest BCUT2D eigenvalue weighted by atomic mass is 10.4. The molecule has 1 fully saturated rings. The summed E-state index contributed by atoms with van der Waals surface area (Å²) in [7, 11) is 0. The third-order valence-electron chi connectivity index (χ3n) is 2.94. The molecule has 2 N–H and O–H groups in total. The predicted molar refractivity (Wildman–Crippen MR) is 77.6 cm³/mol. The average molecular weight is 279 g/mol. The molecular formula is C12H17N5OS. The summed E-state index contributed by atoms with van der Waals surface area (Å²) in [5.74, 6) is 1.54. The fraction of sp³-hybridized carbons (Fsp3) is 0.500. The van der Waals surface area contributed by atoms with Crippen molar-refractivity contribution in [1.82, 2.24) is 15.0 Å². The minimum atomic E-state index is 0.674. The van der Waals surface area contributed by atoms with Gasteiger partial charge in [0.1, 0.15) is 4.83 Å². The van der Waals surface area contributed by atoms with E-state index in [0.717, 1.165) is 48.9 Å². The number of thiophene rings is 1. The van der Waals surface area contributed by atoms with Crippen molar-refractivity contribution in [3.05, 3.63) is 11.4 Å². The summed E-state index contributed by atoms with van der Waals surface area (Å²) in [6, 6.07) is 2.05. The molecule has 3 rings (SSSR count). The minimum Gasteiger partial charge on any atom is -0.379 e. The van der Waals surface area contributed by atoms with Gasteiger partial charge in [-0.25, -0.2) is 9.99 Å². The summed E-state index contributed by atoms with van der Waals surface area (Å²) in [4.78, 5) is 10.0. The van der Waals surface area contributed by atoms with Crippen LogP contribution in [-0.4, -0.2) is 47.8 Å². The largest absolute Gasteiger partial charge is 0.379 e. The van der Waals surface area contributed by atoms with Crippen LogP contribution in [0.25, 0.3) is 10.2 Å². The molecule has 0 radical (unpaired) electrons. The van der Waals surface area contributed by atoms with Crippen LogP contribution in [0, 0.1) is 0 Å². The Morgan fingerprint density at radius 2 is 2.21 bits per heavy atom. The Hall–Kier alpha value is -1.44. The van der Waals surface area contributed by atoms with Gasteiger partial charge in [-0.15, -0.1) is 11.3 Å². The van der Waals surface area contributed by atoms with Gasteiger partial charge in [-0.2, -0.15) is 4.98 Å². The zero-order valence-electron chi connectivity index (χ0n) is 10.8. The van der Waals surface area contributed by atoms with E-state index in [4.69, 9.17) is 4.74 Å². The Morgan fingerprint density at radius 1 is 1.37 bits per heavy atom. The zero-order valence-corrected chi connectivity index (χ0v) is 11.7. The topological polar surface area (TPSA) is 62.3 Å². The average Bonchev–Trinajstić information content (AvgIpc) is 2.89. The number of rotatable bonds is 4. The Kier molecular flexibility index (Phi) is 3.77. The second-order valence-corrected chi connectivity index (χ2v) is 5.17. The number of nitrogens with zero attached hydrogens (tertiary/aromatic N) is 3. The Labute approximate surface area is 115 Å².